The van der Waals surface area contributed by atoms with Crippen LogP contribution < -0.4 is 16.3 Å². The highest BCUT2D eigenvalue weighted by atomic mass is 16.1. The van der Waals surface area contributed by atoms with Crippen LogP contribution in [0.4, 0.5) is 11.9 Å². The Kier molecular flexibility index (Phi) is 1.88. The average molecular weight is 181 g/mol. The highest BCUT2D eigenvalue weighted by molar-refractivity contribution is 5.34. The SMILES string of the molecule is CNc1nc2n(c(=O)n1)CCCN2. The van der Waals surface area contributed by atoms with Crippen molar-refractivity contribution in [3.8, 4) is 0 Å². The molecule has 0 bridgehead atoms. The molecule has 1 aliphatic heterocycles. The molecule has 0 aromatic carbocycles. The Balaban J connectivity index is 2.53. The van der Waals surface area contributed by atoms with Crippen LogP contribution in [0.5, 0.6) is 0 Å². The van der Waals surface area contributed by atoms with Crippen LogP contribution in [-0.2, 0) is 6.54 Å². The zero-order chi connectivity index (χ0) is 9.26. The number of nitrogens with zero attached hydrogens (tertiary/aromatic N) is 3. The first kappa shape index (κ1) is 8.03. The van der Waals surface area contributed by atoms with Gasteiger partial charge in [0.1, 0.15) is 0 Å². The highest BCUT2D eigenvalue weighted by Gasteiger charge is 2.12. The molecule has 0 fully saturated rings. The summed E-state index contributed by atoms with van der Waals surface area (Å²) in [7, 11) is 1.69. The van der Waals surface area contributed by atoms with Crippen LogP contribution in [0, 0.1) is 0 Å². The Hall–Kier alpha value is -1.59. The van der Waals surface area contributed by atoms with E-state index in [1.54, 1.807) is 11.6 Å². The monoisotopic (exact) mass is 181 g/mol. The minimum Gasteiger partial charge on any atom is -0.357 e. The summed E-state index contributed by atoms with van der Waals surface area (Å²) in [5.74, 6) is 0.973. The second kappa shape index (κ2) is 3.04. The molecular formula is C7H11N5O. The third kappa shape index (κ3) is 1.34. The van der Waals surface area contributed by atoms with Crippen LogP contribution in [0.25, 0.3) is 0 Å². The van der Waals surface area contributed by atoms with Crippen molar-refractivity contribution in [3.63, 3.8) is 0 Å². The van der Waals surface area contributed by atoms with Crippen molar-refractivity contribution in [1.29, 1.82) is 0 Å². The van der Waals surface area contributed by atoms with E-state index in [2.05, 4.69) is 20.6 Å². The molecule has 70 valence electrons. The Labute approximate surface area is 75.0 Å². The van der Waals surface area contributed by atoms with Gasteiger partial charge in [-0.1, -0.05) is 0 Å². The fourth-order valence-corrected chi connectivity index (χ4v) is 1.31. The predicted molar refractivity (Wildman–Crippen MR) is 48.9 cm³/mol. The fourth-order valence-electron chi connectivity index (χ4n) is 1.31. The molecule has 13 heavy (non-hydrogen) atoms. The zero-order valence-corrected chi connectivity index (χ0v) is 7.37. The molecule has 1 aromatic heterocycles. The van der Waals surface area contributed by atoms with Gasteiger partial charge in [0.2, 0.25) is 11.9 Å². The zero-order valence-electron chi connectivity index (χ0n) is 7.37. The molecule has 2 rings (SSSR count). The molecule has 0 atom stereocenters. The molecular weight excluding hydrogens is 170 g/mol. The minimum atomic E-state index is -0.249. The van der Waals surface area contributed by atoms with Gasteiger partial charge in [0.15, 0.2) is 0 Å². The molecule has 2 N–H and O–H groups in total. The van der Waals surface area contributed by atoms with Crippen LogP contribution in [0.1, 0.15) is 6.42 Å². The lowest BCUT2D eigenvalue weighted by molar-refractivity contribution is 0.581. The number of hydrogen-bond donors (Lipinski definition) is 2. The molecule has 6 nitrogen and oxygen atoms in total. The predicted octanol–water partition coefficient (Wildman–Crippen LogP) is -0.504. The molecule has 1 aliphatic rings. The van der Waals surface area contributed by atoms with Crippen LogP contribution in [-0.4, -0.2) is 28.1 Å². The minimum absolute atomic E-state index is 0.249. The summed E-state index contributed by atoms with van der Waals surface area (Å²) in [5.41, 5.74) is -0.249. The maximum atomic E-state index is 11.4. The van der Waals surface area contributed by atoms with Crippen molar-refractivity contribution in [2.45, 2.75) is 13.0 Å². The molecule has 0 saturated carbocycles. The lowest BCUT2D eigenvalue weighted by Crippen LogP contribution is -2.32. The van der Waals surface area contributed by atoms with E-state index in [1.807, 2.05) is 0 Å². The van der Waals surface area contributed by atoms with Gasteiger partial charge in [0, 0.05) is 20.1 Å². The molecule has 0 unspecified atom stereocenters. The van der Waals surface area contributed by atoms with Crippen LogP contribution in [0.2, 0.25) is 0 Å². The van der Waals surface area contributed by atoms with Crippen molar-refractivity contribution < 1.29 is 0 Å². The number of nitrogens with one attached hydrogen (secondary N) is 2. The van der Waals surface area contributed by atoms with E-state index in [0.717, 1.165) is 13.0 Å². The van der Waals surface area contributed by atoms with Gasteiger partial charge in [0.05, 0.1) is 0 Å². The number of aromatic nitrogens is 3. The third-order valence-electron chi connectivity index (χ3n) is 1.97. The first-order chi connectivity index (χ1) is 6.31. The Morgan fingerprint density at radius 1 is 1.54 bits per heavy atom. The largest absolute Gasteiger partial charge is 0.357 e. The van der Waals surface area contributed by atoms with E-state index in [4.69, 9.17) is 0 Å². The maximum Gasteiger partial charge on any atom is 0.353 e. The molecule has 0 aliphatic carbocycles. The number of fused-ring (bicyclic) bond motifs is 1. The summed E-state index contributed by atoms with van der Waals surface area (Å²) in [6.07, 6.45) is 0.940. The van der Waals surface area contributed by atoms with Crippen molar-refractivity contribution in [2.75, 3.05) is 24.2 Å². The summed E-state index contributed by atoms with van der Waals surface area (Å²) in [6, 6.07) is 0. The molecule has 0 saturated heterocycles. The quantitative estimate of drug-likeness (QED) is 0.611. The average Bonchev–Trinajstić information content (AvgIpc) is 2.18. The second-order valence-corrected chi connectivity index (χ2v) is 2.84. The van der Waals surface area contributed by atoms with Gasteiger partial charge in [-0.15, -0.1) is 0 Å². The molecule has 1 aromatic rings. The topological polar surface area (TPSA) is 71.8 Å². The van der Waals surface area contributed by atoms with Crippen LogP contribution >= 0.6 is 0 Å². The van der Waals surface area contributed by atoms with Gasteiger partial charge in [-0.25, -0.2) is 4.79 Å². The van der Waals surface area contributed by atoms with E-state index in [0.29, 0.717) is 18.4 Å². The van der Waals surface area contributed by atoms with E-state index in [-0.39, 0.29) is 5.69 Å². The summed E-state index contributed by atoms with van der Waals surface area (Å²) in [6.45, 7) is 1.56. The van der Waals surface area contributed by atoms with Crippen LogP contribution in [0.15, 0.2) is 4.79 Å². The van der Waals surface area contributed by atoms with Crippen molar-refractivity contribution in [1.82, 2.24) is 14.5 Å². The van der Waals surface area contributed by atoms with Crippen molar-refractivity contribution >= 4 is 11.9 Å². The van der Waals surface area contributed by atoms with Gasteiger partial charge in [-0.05, 0) is 6.42 Å². The highest BCUT2D eigenvalue weighted by Crippen LogP contribution is 2.08. The number of hydrogen-bond acceptors (Lipinski definition) is 5. The van der Waals surface area contributed by atoms with Gasteiger partial charge in [-0.3, -0.25) is 4.57 Å². The van der Waals surface area contributed by atoms with E-state index >= 15 is 0 Å². The van der Waals surface area contributed by atoms with Crippen molar-refractivity contribution in [3.05, 3.63) is 10.5 Å². The molecule has 0 amide bonds. The summed E-state index contributed by atoms with van der Waals surface area (Å²) in [5, 5.41) is 5.79. The number of rotatable bonds is 1. The van der Waals surface area contributed by atoms with Crippen LogP contribution in [0.3, 0.4) is 0 Å². The van der Waals surface area contributed by atoms with Gasteiger partial charge >= 0.3 is 5.69 Å². The Morgan fingerprint density at radius 2 is 2.38 bits per heavy atom. The number of anilines is 2. The van der Waals surface area contributed by atoms with E-state index in [1.165, 1.54) is 0 Å². The second-order valence-electron chi connectivity index (χ2n) is 2.84. The summed E-state index contributed by atoms with van der Waals surface area (Å²) >= 11 is 0. The lowest BCUT2D eigenvalue weighted by atomic mass is 10.4. The molecule has 6 heteroatoms. The third-order valence-corrected chi connectivity index (χ3v) is 1.97. The van der Waals surface area contributed by atoms with Gasteiger partial charge in [0.25, 0.3) is 0 Å². The smallest absolute Gasteiger partial charge is 0.353 e. The first-order valence-corrected chi connectivity index (χ1v) is 4.22. The van der Waals surface area contributed by atoms with Gasteiger partial charge in [-0.2, -0.15) is 9.97 Å². The fraction of sp³-hybridized carbons (Fsp3) is 0.571. The van der Waals surface area contributed by atoms with Gasteiger partial charge < -0.3 is 10.6 Å². The summed E-state index contributed by atoms with van der Waals surface area (Å²) in [4.78, 5) is 19.2. The lowest BCUT2D eigenvalue weighted by Gasteiger charge is -2.18. The Morgan fingerprint density at radius 3 is 3.15 bits per heavy atom. The Bertz CT molecular complexity index is 372. The van der Waals surface area contributed by atoms with E-state index < -0.39 is 0 Å². The molecule has 0 radical (unpaired) electrons. The van der Waals surface area contributed by atoms with Crippen molar-refractivity contribution in [2.24, 2.45) is 0 Å². The first-order valence-electron chi connectivity index (χ1n) is 4.22. The molecule has 0 spiro atoms. The van der Waals surface area contributed by atoms with E-state index in [9.17, 15) is 4.79 Å². The molecule has 2 heterocycles. The summed E-state index contributed by atoms with van der Waals surface area (Å²) < 4.78 is 1.55. The normalized spacial score (nSPS) is 14.5. The maximum absolute atomic E-state index is 11.4. The standard InChI is InChI=1S/C7H11N5O/c1-8-5-10-6-9-3-2-4-12(6)7(13)11-5/h2-4H2,1H3,(H2,8,9,10,11,13).